The first kappa shape index (κ1) is 25.7. The third kappa shape index (κ3) is 5.11. The van der Waals surface area contributed by atoms with E-state index in [1.54, 1.807) is 24.3 Å². The summed E-state index contributed by atoms with van der Waals surface area (Å²) in [6, 6.07) is 10.0. The van der Waals surface area contributed by atoms with E-state index >= 15 is 0 Å². The van der Waals surface area contributed by atoms with Crippen LogP contribution in [0, 0.1) is 5.82 Å². The minimum atomic E-state index is -1.61. The number of hydrogen-bond acceptors (Lipinski definition) is 6. The highest BCUT2D eigenvalue weighted by atomic mass is 35.5. The number of nitrogens with two attached hydrogens (primary N) is 1. The lowest BCUT2D eigenvalue weighted by atomic mass is 9.84. The highest BCUT2D eigenvalue weighted by Crippen LogP contribution is 2.29. The van der Waals surface area contributed by atoms with E-state index in [1.165, 1.54) is 6.07 Å². The molecule has 0 saturated carbocycles. The normalized spacial score (nSPS) is 22.1. The van der Waals surface area contributed by atoms with Gasteiger partial charge in [-0.3, -0.25) is 24.7 Å². The minimum absolute atomic E-state index is 0.00309. The van der Waals surface area contributed by atoms with Crippen molar-refractivity contribution in [3.8, 4) is 0 Å². The third-order valence-corrected chi connectivity index (χ3v) is 7.01. The van der Waals surface area contributed by atoms with E-state index < -0.39 is 29.1 Å². The second-order valence-electron chi connectivity index (χ2n) is 8.95. The van der Waals surface area contributed by atoms with Crippen molar-refractivity contribution in [2.75, 3.05) is 32.1 Å². The lowest BCUT2D eigenvalue weighted by Crippen LogP contribution is -2.59. The number of benzene rings is 2. The van der Waals surface area contributed by atoms with Crippen LogP contribution >= 0.6 is 11.6 Å². The predicted molar refractivity (Wildman–Crippen MR) is 135 cm³/mol. The number of halogens is 2. The summed E-state index contributed by atoms with van der Waals surface area (Å²) in [7, 11) is 2.03. The summed E-state index contributed by atoms with van der Waals surface area (Å²) in [6.45, 7) is 1.47. The fourth-order valence-electron chi connectivity index (χ4n) is 4.64. The molecule has 190 valence electrons. The van der Waals surface area contributed by atoms with Crippen LogP contribution in [-0.4, -0.2) is 61.2 Å². The van der Waals surface area contributed by atoms with Gasteiger partial charge in [0.15, 0.2) is 5.54 Å². The van der Waals surface area contributed by atoms with Crippen LogP contribution in [0.2, 0.25) is 5.02 Å². The number of carbonyl (C=O) groups is 3. The molecule has 2 aliphatic rings. The fourth-order valence-corrected chi connectivity index (χ4v) is 4.89. The highest BCUT2D eigenvalue weighted by molar-refractivity contribution is 6.47. The Balaban J connectivity index is 1.50. The van der Waals surface area contributed by atoms with Gasteiger partial charge in [0, 0.05) is 18.3 Å². The zero-order valence-corrected chi connectivity index (χ0v) is 20.6. The third-order valence-electron chi connectivity index (χ3n) is 6.69. The number of nitrogens with one attached hydrogen (secondary N) is 3. The molecule has 0 aromatic heterocycles. The molecule has 2 heterocycles. The molecular formula is C25H28ClFN6O3. The van der Waals surface area contributed by atoms with E-state index in [4.69, 9.17) is 17.3 Å². The summed E-state index contributed by atoms with van der Waals surface area (Å²) >= 11 is 5.97. The molecular weight excluding hydrogens is 487 g/mol. The van der Waals surface area contributed by atoms with Gasteiger partial charge in [-0.1, -0.05) is 30.2 Å². The lowest BCUT2D eigenvalue weighted by molar-refractivity contribution is -0.123. The molecule has 2 unspecified atom stereocenters. The Kier molecular flexibility index (Phi) is 7.67. The summed E-state index contributed by atoms with van der Waals surface area (Å²) < 4.78 is 13.3. The number of anilines is 1. The fraction of sp³-hybridized carbons (Fsp3) is 0.360. The number of carbonyl (C=O) groups excluding carboxylic acids is 3. The van der Waals surface area contributed by atoms with Gasteiger partial charge in [-0.25, -0.2) is 4.39 Å². The molecule has 2 aromatic carbocycles. The number of likely N-dealkylation sites (N-methyl/N-ethyl adjacent to an activating group) is 1. The summed E-state index contributed by atoms with van der Waals surface area (Å²) in [4.78, 5) is 44.8. The Bertz CT molecular complexity index is 1200. The topological polar surface area (TPSA) is 129 Å². The van der Waals surface area contributed by atoms with Gasteiger partial charge in [0.25, 0.3) is 11.8 Å². The lowest BCUT2D eigenvalue weighted by Gasteiger charge is -2.33. The summed E-state index contributed by atoms with van der Waals surface area (Å²) in [6.07, 6.45) is 3.23. The smallest absolute Gasteiger partial charge is 0.268 e. The van der Waals surface area contributed by atoms with Crippen molar-refractivity contribution < 1.29 is 18.8 Å². The van der Waals surface area contributed by atoms with Crippen LogP contribution in [0.1, 0.15) is 35.2 Å². The van der Waals surface area contributed by atoms with Crippen LogP contribution < -0.4 is 21.7 Å². The summed E-state index contributed by atoms with van der Waals surface area (Å²) in [5.41, 5.74) is 5.12. The van der Waals surface area contributed by atoms with Gasteiger partial charge in [0.1, 0.15) is 11.5 Å². The number of piperidine rings is 1. The molecule has 2 atom stereocenters. The maximum atomic E-state index is 13.3. The molecule has 11 heteroatoms. The number of nitrogens with zero attached hydrogens (tertiary/aromatic N) is 2. The van der Waals surface area contributed by atoms with Crippen LogP contribution in [-0.2, 0) is 15.1 Å². The van der Waals surface area contributed by atoms with Crippen LogP contribution in [0.3, 0.4) is 0 Å². The number of primary amides is 1. The van der Waals surface area contributed by atoms with Crippen LogP contribution in [0.15, 0.2) is 47.5 Å². The predicted octanol–water partition coefficient (Wildman–Crippen LogP) is 2.01. The highest BCUT2D eigenvalue weighted by Gasteiger charge is 2.49. The average Bonchev–Trinajstić information content (AvgIpc) is 3.30. The van der Waals surface area contributed by atoms with Crippen molar-refractivity contribution in [2.24, 2.45) is 10.7 Å². The Morgan fingerprint density at radius 3 is 2.61 bits per heavy atom. The van der Waals surface area contributed by atoms with E-state index in [0.717, 1.165) is 37.9 Å². The molecule has 0 spiro atoms. The van der Waals surface area contributed by atoms with Crippen LogP contribution in [0.4, 0.5) is 10.1 Å². The van der Waals surface area contributed by atoms with E-state index in [0.29, 0.717) is 17.8 Å². The molecule has 0 aliphatic carbocycles. The zero-order chi connectivity index (χ0) is 25.9. The zero-order valence-electron chi connectivity index (χ0n) is 19.8. The van der Waals surface area contributed by atoms with Gasteiger partial charge in [0.2, 0.25) is 5.91 Å². The Morgan fingerprint density at radius 1 is 1.19 bits per heavy atom. The van der Waals surface area contributed by atoms with Gasteiger partial charge in [-0.15, -0.1) is 0 Å². The van der Waals surface area contributed by atoms with E-state index in [1.807, 2.05) is 7.05 Å². The van der Waals surface area contributed by atoms with Gasteiger partial charge in [0.05, 0.1) is 17.3 Å². The number of aliphatic imine (C=N–C) groups is 1. The largest absolute Gasteiger partial charge is 0.367 e. The van der Waals surface area contributed by atoms with E-state index in [2.05, 4.69) is 25.8 Å². The Labute approximate surface area is 213 Å². The average molecular weight is 515 g/mol. The quantitative estimate of drug-likeness (QED) is 0.449. The van der Waals surface area contributed by atoms with Crippen LogP contribution in [0.25, 0.3) is 0 Å². The number of amides is 3. The standard InChI is InChI=1S/C25H28ClFN6O3/c1-33-11-3-2-4-18(33)13-29-23(35)21-25(24(28)36,31-14-30-21)15-5-8-17(9-6-15)32-22(34)19-10-7-16(27)12-20(19)26/h5-10,12,18,31H,2-4,11,13-14H2,1H3,(H2,28,36)(H,29,35)(H,32,34). The molecule has 5 N–H and O–H groups in total. The molecule has 2 aromatic rings. The van der Waals surface area contributed by atoms with Crippen molar-refractivity contribution in [1.29, 1.82) is 0 Å². The van der Waals surface area contributed by atoms with E-state index in [9.17, 15) is 18.8 Å². The van der Waals surface area contributed by atoms with Crippen LogP contribution in [0.5, 0.6) is 0 Å². The van der Waals surface area contributed by atoms with Gasteiger partial charge >= 0.3 is 0 Å². The second-order valence-corrected chi connectivity index (χ2v) is 9.36. The molecule has 2 aliphatic heterocycles. The van der Waals surface area contributed by atoms with Crippen molar-refractivity contribution >= 4 is 40.7 Å². The number of likely N-dealkylation sites (tertiary alicyclic amines) is 1. The molecule has 36 heavy (non-hydrogen) atoms. The first-order valence-electron chi connectivity index (χ1n) is 11.7. The maximum Gasteiger partial charge on any atom is 0.268 e. The van der Waals surface area contributed by atoms with Gasteiger partial charge < -0.3 is 21.3 Å². The number of hydrogen-bond donors (Lipinski definition) is 4. The first-order chi connectivity index (χ1) is 17.2. The van der Waals surface area contributed by atoms with Crippen molar-refractivity contribution in [3.63, 3.8) is 0 Å². The second kappa shape index (κ2) is 10.7. The molecule has 0 radical (unpaired) electrons. The molecule has 4 rings (SSSR count). The first-order valence-corrected chi connectivity index (χ1v) is 12.1. The van der Waals surface area contributed by atoms with Crippen molar-refractivity contribution in [3.05, 3.63) is 64.4 Å². The summed E-state index contributed by atoms with van der Waals surface area (Å²) in [5.74, 6) is -2.29. The Morgan fingerprint density at radius 2 is 1.94 bits per heavy atom. The van der Waals surface area contributed by atoms with E-state index in [-0.39, 0.29) is 29.0 Å². The monoisotopic (exact) mass is 514 g/mol. The van der Waals surface area contributed by atoms with Crippen molar-refractivity contribution in [2.45, 2.75) is 30.8 Å². The minimum Gasteiger partial charge on any atom is -0.367 e. The number of rotatable bonds is 7. The summed E-state index contributed by atoms with van der Waals surface area (Å²) in [5, 5.41) is 8.55. The van der Waals surface area contributed by atoms with Crippen molar-refractivity contribution in [1.82, 2.24) is 15.5 Å². The molecule has 9 nitrogen and oxygen atoms in total. The van der Waals surface area contributed by atoms with Gasteiger partial charge in [-0.2, -0.15) is 0 Å². The molecule has 1 saturated heterocycles. The molecule has 1 fully saturated rings. The molecule has 3 amide bonds. The maximum absolute atomic E-state index is 13.3. The molecule has 0 bridgehead atoms. The Hall–Kier alpha value is -3.34. The SMILES string of the molecule is CN1CCCCC1CNC(=O)C1=NCNC1(C(N)=O)c1ccc(NC(=O)c2ccc(F)cc2Cl)cc1. The van der Waals surface area contributed by atoms with Gasteiger partial charge in [-0.05, 0) is 62.3 Å².